The predicted octanol–water partition coefficient (Wildman–Crippen LogP) is 4.32. The highest BCUT2D eigenvalue weighted by Crippen LogP contribution is 2.13. The maximum Gasteiger partial charge on any atom is 0.0292 e. The molecule has 0 aromatic heterocycles. The van der Waals surface area contributed by atoms with E-state index in [2.05, 4.69) is 60.8 Å². The van der Waals surface area contributed by atoms with E-state index in [-0.39, 0.29) is 0 Å². The highest BCUT2D eigenvalue weighted by molar-refractivity contribution is 7.79. The Kier molecular flexibility index (Phi) is 5.90. The fourth-order valence-corrected chi connectivity index (χ4v) is 2.42. The molecule has 104 valence electrons. The molecule has 0 aliphatic carbocycles. The molecule has 0 bridgehead atoms. The van der Waals surface area contributed by atoms with Gasteiger partial charge in [-0.25, -0.2) is 0 Å². The molecule has 0 spiro atoms. The monoisotopic (exact) mass is 283 g/mol. The first-order valence-corrected chi connectivity index (χ1v) is 7.59. The first-order chi connectivity index (χ1) is 9.79. The third-order valence-corrected chi connectivity index (χ3v) is 3.75. The van der Waals surface area contributed by atoms with E-state index in [1.54, 1.807) is 5.37 Å². The molecule has 2 heteroatoms. The zero-order valence-electron chi connectivity index (χ0n) is 11.9. The average molecular weight is 283 g/mol. The second kappa shape index (κ2) is 7.93. The molecule has 1 nitrogen and oxygen atoms in total. The van der Waals surface area contributed by atoms with E-state index in [1.807, 2.05) is 6.07 Å². The fourth-order valence-electron chi connectivity index (χ4n) is 2.28. The van der Waals surface area contributed by atoms with Crippen LogP contribution in [0.2, 0.25) is 0 Å². The molecule has 0 aliphatic rings. The van der Waals surface area contributed by atoms with Crippen molar-refractivity contribution in [3.05, 3.63) is 71.3 Å². The van der Waals surface area contributed by atoms with Gasteiger partial charge in [0.25, 0.3) is 0 Å². The van der Waals surface area contributed by atoms with Gasteiger partial charge in [0.1, 0.15) is 0 Å². The zero-order chi connectivity index (χ0) is 14.2. The minimum Gasteiger partial charge on any atom is -0.310 e. The normalized spacial score (nSPS) is 12.1. The van der Waals surface area contributed by atoms with E-state index >= 15 is 0 Å². The van der Waals surface area contributed by atoms with Gasteiger partial charge in [0.05, 0.1) is 0 Å². The number of hydrogen-bond donors (Lipinski definition) is 1. The van der Waals surface area contributed by atoms with Crippen LogP contribution in [0.3, 0.4) is 0 Å². The van der Waals surface area contributed by atoms with E-state index in [4.69, 9.17) is 12.2 Å². The smallest absolute Gasteiger partial charge is 0.0292 e. The van der Waals surface area contributed by atoms with Crippen molar-refractivity contribution in [3.8, 4) is 0 Å². The van der Waals surface area contributed by atoms with Gasteiger partial charge in [-0.3, -0.25) is 0 Å². The summed E-state index contributed by atoms with van der Waals surface area (Å²) in [6.07, 6.45) is 2.28. The van der Waals surface area contributed by atoms with Crippen molar-refractivity contribution < 1.29 is 0 Å². The van der Waals surface area contributed by atoms with E-state index in [0.717, 1.165) is 24.9 Å². The van der Waals surface area contributed by atoms with Gasteiger partial charge in [-0.1, -0.05) is 60.7 Å². The SMILES string of the molecule is CC(NCCCc1ccccc1)c1cccc(C=S)c1. The lowest BCUT2D eigenvalue weighted by Crippen LogP contribution is -2.20. The molecular weight excluding hydrogens is 262 g/mol. The Morgan fingerprint density at radius 2 is 1.90 bits per heavy atom. The molecule has 0 saturated carbocycles. The van der Waals surface area contributed by atoms with Crippen LogP contribution in [0.5, 0.6) is 0 Å². The summed E-state index contributed by atoms with van der Waals surface area (Å²) in [5, 5.41) is 5.30. The number of benzene rings is 2. The fraction of sp³-hybridized carbons (Fsp3) is 0.278. The topological polar surface area (TPSA) is 12.0 Å². The average Bonchev–Trinajstić information content (AvgIpc) is 2.52. The molecule has 0 radical (unpaired) electrons. The number of rotatable bonds is 7. The Labute approximate surface area is 127 Å². The van der Waals surface area contributed by atoms with Crippen LogP contribution in [-0.2, 0) is 6.42 Å². The van der Waals surface area contributed by atoms with E-state index in [9.17, 15) is 0 Å². The molecular formula is C18H21NS. The Morgan fingerprint density at radius 3 is 2.65 bits per heavy atom. The van der Waals surface area contributed by atoms with Gasteiger partial charge in [0.2, 0.25) is 0 Å². The van der Waals surface area contributed by atoms with Crippen LogP contribution >= 0.6 is 12.2 Å². The molecule has 2 aromatic rings. The van der Waals surface area contributed by atoms with Crippen molar-refractivity contribution in [1.82, 2.24) is 5.32 Å². The maximum atomic E-state index is 4.98. The van der Waals surface area contributed by atoms with Crippen molar-refractivity contribution >= 4 is 17.6 Å². The standard InChI is InChI=1S/C18H21NS/c1-15(18-11-5-9-17(13-18)14-20)19-12-6-10-16-7-3-2-4-8-16/h2-5,7-9,11,13-15,19H,6,10,12H2,1H3. The number of aryl methyl sites for hydroxylation is 1. The van der Waals surface area contributed by atoms with Crippen LogP contribution in [0.4, 0.5) is 0 Å². The third kappa shape index (κ3) is 4.55. The number of thiocarbonyl (C=S) groups is 1. The summed E-state index contributed by atoms with van der Waals surface area (Å²) in [6, 6.07) is 19.4. The second-order valence-corrected chi connectivity index (χ2v) is 5.29. The number of nitrogens with one attached hydrogen (secondary N) is 1. The predicted molar refractivity (Wildman–Crippen MR) is 90.4 cm³/mol. The largest absolute Gasteiger partial charge is 0.310 e. The van der Waals surface area contributed by atoms with Crippen molar-refractivity contribution in [1.29, 1.82) is 0 Å². The number of hydrogen-bond acceptors (Lipinski definition) is 2. The van der Waals surface area contributed by atoms with E-state index in [1.165, 1.54) is 11.1 Å². The first-order valence-electron chi connectivity index (χ1n) is 7.12. The molecule has 0 aliphatic heterocycles. The van der Waals surface area contributed by atoms with Crippen LogP contribution in [0.15, 0.2) is 54.6 Å². The Hall–Kier alpha value is -1.51. The van der Waals surface area contributed by atoms with Crippen LogP contribution in [-0.4, -0.2) is 11.9 Å². The summed E-state index contributed by atoms with van der Waals surface area (Å²) in [4.78, 5) is 0. The Bertz CT molecular complexity index is 536. The van der Waals surface area contributed by atoms with Crippen molar-refractivity contribution in [3.63, 3.8) is 0 Å². The molecule has 0 heterocycles. The third-order valence-electron chi connectivity index (χ3n) is 3.48. The minimum atomic E-state index is 0.362. The van der Waals surface area contributed by atoms with Crippen molar-refractivity contribution in [2.24, 2.45) is 0 Å². The first kappa shape index (κ1) is 14.9. The highest BCUT2D eigenvalue weighted by Gasteiger charge is 2.04. The van der Waals surface area contributed by atoms with E-state index < -0.39 is 0 Å². The van der Waals surface area contributed by atoms with Crippen LogP contribution in [0.1, 0.15) is 36.1 Å². The molecule has 0 saturated heterocycles. The summed E-state index contributed by atoms with van der Waals surface area (Å²) in [7, 11) is 0. The van der Waals surface area contributed by atoms with Gasteiger partial charge in [0.15, 0.2) is 0 Å². The lowest BCUT2D eigenvalue weighted by molar-refractivity contribution is 0.558. The summed E-state index contributed by atoms with van der Waals surface area (Å²) < 4.78 is 0. The maximum absolute atomic E-state index is 4.98. The van der Waals surface area contributed by atoms with Gasteiger partial charge in [-0.15, -0.1) is 0 Å². The highest BCUT2D eigenvalue weighted by atomic mass is 32.1. The van der Waals surface area contributed by atoms with Crippen molar-refractivity contribution in [2.45, 2.75) is 25.8 Å². The van der Waals surface area contributed by atoms with Gasteiger partial charge in [-0.05, 0) is 49.1 Å². The van der Waals surface area contributed by atoms with Crippen molar-refractivity contribution in [2.75, 3.05) is 6.54 Å². The second-order valence-electron chi connectivity index (χ2n) is 5.05. The zero-order valence-corrected chi connectivity index (χ0v) is 12.7. The van der Waals surface area contributed by atoms with Gasteiger partial charge >= 0.3 is 0 Å². The van der Waals surface area contributed by atoms with Gasteiger partial charge in [0, 0.05) is 11.4 Å². The minimum absolute atomic E-state index is 0.362. The Balaban J connectivity index is 1.77. The Morgan fingerprint density at radius 1 is 1.10 bits per heavy atom. The molecule has 20 heavy (non-hydrogen) atoms. The molecule has 2 aromatic carbocycles. The molecule has 1 unspecified atom stereocenters. The molecule has 0 amide bonds. The van der Waals surface area contributed by atoms with Crippen LogP contribution in [0.25, 0.3) is 0 Å². The lowest BCUT2D eigenvalue weighted by atomic mass is 10.1. The molecule has 1 atom stereocenters. The molecule has 1 N–H and O–H groups in total. The van der Waals surface area contributed by atoms with E-state index in [0.29, 0.717) is 6.04 Å². The molecule has 0 fully saturated rings. The van der Waals surface area contributed by atoms with Crippen LogP contribution < -0.4 is 5.32 Å². The summed E-state index contributed by atoms with van der Waals surface area (Å²) in [5.74, 6) is 0. The summed E-state index contributed by atoms with van der Waals surface area (Å²) in [6.45, 7) is 3.23. The lowest BCUT2D eigenvalue weighted by Gasteiger charge is -2.14. The van der Waals surface area contributed by atoms with Gasteiger partial charge in [-0.2, -0.15) is 0 Å². The summed E-state index contributed by atoms with van der Waals surface area (Å²) >= 11 is 4.98. The molecule has 2 rings (SSSR count). The summed E-state index contributed by atoms with van der Waals surface area (Å²) in [5.41, 5.74) is 3.81. The van der Waals surface area contributed by atoms with Crippen LogP contribution in [0, 0.1) is 0 Å². The quantitative estimate of drug-likeness (QED) is 0.600. The van der Waals surface area contributed by atoms with Gasteiger partial charge < -0.3 is 5.32 Å².